The van der Waals surface area contributed by atoms with Gasteiger partial charge in [-0.1, -0.05) is 6.07 Å². The van der Waals surface area contributed by atoms with Gasteiger partial charge in [-0.2, -0.15) is 0 Å². The Balaban J connectivity index is 2.99. The van der Waals surface area contributed by atoms with Crippen LogP contribution in [0.2, 0.25) is 0 Å². The van der Waals surface area contributed by atoms with Gasteiger partial charge in [-0.05, 0) is 41.9 Å². The summed E-state index contributed by atoms with van der Waals surface area (Å²) in [5, 5.41) is 11.8. The molecule has 1 aromatic carbocycles. The molecule has 0 heterocycles. The van der Waals surface area contributed by atoms with Crippen LogP contribution in [0.3, 0.4) is 0 Å². The van der Waals surface area contributed by atoms with Gasteiger partial charge < -0.3 is 20.1 Å². The maximum absolute atomic E-state index is 12.3. The van der Waals surface area contributed by atoms with E-state index in [4.69, 9.17) is 4.74 Å². The van der Waals surface area contributed by atoms with E-state index in [-0.39, 0.29) is 23.3 Å². The summed E-state index contributed by atoms with van der Waals surface area (Å²) >= 11 is 3.26. The number of benzene rings is 1. The predicted molar refractivity (Wildman–Crippen MR) is 83.8 cm³/mol. The van der Waals surface area contributed by atoms with Gasteiger partial charge in [-0.25, -0.2) is 9.59 Å². The average molecular weight is 359 g/mol. The molecule has 0 aromatic heterocycles. The molecule has 116 valence electrons. The van der Waals surface area contributed by atoms with Crippen LogP contribution < -0.4 is 5.32 Å². The smallest absolute Gasteiger partial charge is 0.337 e. The molecule has 0 radical (unpaired) electrons. The molecule has 6 nitrogen and oxygen atoms in total. The van der Waals surface area contributed by atoms with Crippen molar-refractivity contribution in [3.63, 3.8) is 0 Å². The van der Waals surface area contributed by atoms with Gasteiger partial charge in [0.15, 0.2) is 0 Å². The number of carbonyl (C=O) groups is 2. The number of carboxylic acids is 1. The van der Waals surface area contributed by atoms with E-state index in [2.05, 4.69) is 21.2 Å². The van der Waals surface area contributed by atoms with Gasteiger partial charge in [-0.15, -0.1) is 0 Å². The number of amides is 2. The molecule has 0 spiro atoms. The van der Waals surface area contributed by atoms with Crippen molar-refractivity contribution in [3.8, 4) is 0 Å². The van der Waals surface area contributed by atoms with Crippen molar-refractivity contribution in [2.75, 3.05) is 25.6 Å². The molecule has 1 aromatic rings. The van der Waals surface area contributed by atoms with Crippen molar-refractivity contribution in [1.29, 1.82) is 0 Å². The minimum Gasteiger partial charge on any atom is -0.478 e. The van der Waals surface area contributed by atoms with E-state index in [0.717, 1.165) is 0 Å². The highest BCUT2D eigenvalue weighted by Crippen LogP contribution is 2.27. The first-order valence-electron chi connectivity index (χ1n) is 6.50. The summed E-state index contributed by atoms with van der Waals surface area (Å²) in [7, 11) is 1.57. The summed E-state index contributed by atoms with van der Waals surface area (Å²) in [6.45, 7) is 4.61. The first kappa shape index (κ1) is 17.5. The fourth-order valence-electron chi connectivity index (χ4n) is 1.99. The molecule has 7 heteroatoms. The number of likely N-dealkylation sites (N-methyl/N-ethyl adjacent to an activating group) is 1. The first-order chi connectivity index (χ1) is 9.92. The zero-order chi connectivity index (χ0) is 16.0. The maximum Gasteiger partial charge on any atom is 0.337 e. The fraction of sp³-hybridized carbons (Fsp3) is 0.429. The van der Waals surface area contributed by atoms with Crippen LogP contribution in [0.5, 0.6) is 0 Å². The van der Waals surface area contributed by atoms with Crippen molar-refractivity contribution >= 4 is 33.6 Å². The van der Waals surface area contributed by atoms with Crippen LogP contribution in [0, 0.1) is 0 Å². The summed E-state index contributed by atoms with van der Waals surface area (Å²) in [6, 6.07) is 4.25. The number of anilines is 1. The lowest BCUT2D eigenvalue weighted by Crippen LogP contribution is -2.43. The predicted octanol–water partition coefficient (Wildman–Crippen LogP) is 3.04. The third kappa shape index (κ3) is 4.44. The van der Waals surface area contributed by atoms with Crippen LogP contribution in [0.15, 0.2) is 22.7 Å². The molecular formula is C14H19BrN2O4. The highest BCUT2D eigenvalue weighted by molar-refractivity contribution is 9.10. The Morgan fingerprint density at radius 1 is 1.48 bits per heavy atom. The molecule has 1 rings (SSSR count). The Hall–Kier alpha value is -1.60. The number of rotatable bonds is 6. The van der Waals surface area contributed by atoms with Gasteiger partial charge in [0.2, 0.25) is 0 Å². The SMILES string of the molecule is CCN(C(=O)Nc1c(Br)cccc1C(=O)O)C(C)COC. The molecule has 0 bridgehead atoms. The van der Waals surface area contributed by atoms with Gasteiger partial charge in [0.25, 0.3) is 0 Å². The second-order valence-corrected chi connectivity index (χ2v) is 5.34. The first-order valence-corrected chi connectivity index (χ1v) is 7.30. The second kappa shape index (κ2) is 7.99. The Bertz CT molecular complexity index is 522. The lowest BCUT2D eigenvalue weighted by atomic mass is 10.2. The Morgan fingerprint density at radius 3 is 2.67 bits per heavy atom. The van der Waals surface area contributed by atoms with E-state index in [1.54, 1.807) is 24.1 Å². The number of ether oxygens (including phenoxy) is 1. The van der Waals surface area contributed by atoms with Gasteiger partial charge in [0.1, 0.15) is 0 Å². The Kier molecular flexibility index (Phi) is 6.64. The van der Waals surface area contributed by atoms with Crippen molar-refractivity contribution in [3.05, 3.63) is 28.2 Å². The van der Waals surface area contributed by atoms with E-state index in [1.165, 1.54) is 6.07 Å². The highest BCUT2D eigenvalue weighted by Gasteiger charge is 2.21. The molecule has 0 aliphatic rings. The number of hydrogen-bond acceptors (Lipinski definition) is 3. The molecule has 1 atom stereocenters. The van der Waals surface area contributed by atoms with Gasteiger partial charge in [0, 0.05) is 18.1 Å². The molecule has 0 saturated heterocycles. The number of methoxy groups -OCH3 is 1. The van der Waals surface area contributed by atoms with Crippen LogP contribution in [0.25, 0.3) is 0 Å². The summed E-state index contributed by atoms with van der Waals surface area (Å²) in [5.41, 5.74) is 0.284. The number of nitrogens with one attached hydrogen (secondary N) is 1. The largest absolute Gasteiger partial charge is 0.478 e. The Labute approximate surface area is 132 Å². The minimum atomic E-state index is -1.10. The van der Waals surface area contributed by atoms with Crippen LogP contribution in [-0.2, 0) is 4.74 Å². The lowest BCUT2D eigenvalue weighted by molar-refractivity contribution is 0.0698. The number of para-hydroxylation sites is 1. The molecule has 0 aliphatic heterocycles. The average Bonchev–Trinajstić information content (AvgIpc) is 2.41. The second-order valence-electron chi connectivity index (χ2n) is 4.49. The van der Waals surface area contributed by atoms with Crippen LogP contribution in [0.1, 0.15) is 24.2 Å². The van der Waals surface area contributed by atoms with Crippen LogP contribution >= 0.6 is 15.9 Å². The van der Waals surface area contributed by atoms with Gasteiger partial charge in [0.05, 0.1) is 23.9 Å². The third-order valence-electron chi connectivity index (χ3n) is 3.02. The number of hydrogen-bond donors (Lipinski definition) is 2. The summed E-state index contributed by atoms with van der Waals surface area (Å²) in [5.74, 6) is -1.10. The summed E-state index contributed by atoms with van der Waals surface area (Å²) < 4.78 is 5.57. The molecule has 0 aliphatic carbocycles. The van der Waals surface area contributed by atoms with Crippen molar-refractivity contribution in [2.45, 2.75) is 19.9 Å². The fourth-order valence-corrected chi connectivity index (χ4v) is 2.46. The maximum atomic E-state index is 12.3. The third-order valence-corrected chi connectivity index (χ3v) is 3.68. The zero-order valence-corrected chi connectivity index (χ0v) is 13.8. The quantitative estimate of drug-likeness (QED) is 0.818. The normalized spacial score (nSPS) is 11.8. The van der Waals surface area contributed by atoms with E-state index in [0.29, 0.717) is 17.6 Å². The molecule has 1 unspecified atom stereocenters. The number of nitrogens with zero attached hydrogens (tertiary/aromatic N) is 1. The van der Waals surface area contributed by atoms with E-state index in [9.17, 15) is 14.7 Å². The molecule has 2 amide bonds. The standard InChI is InChI=1S/C14H19BrN2O4/c1-4-17(9(2)8-21-3)14(20)16-12-10(13(18)19)6-5-7-11(12)15/h5-7,9H,4,8H2,1-3H3,(H,16,20)(H,18,19). The molecule has 0 fully saturated rings. The van der Waals surface area contributed by atoms with Crippen molar-refractivity contribution in [1.82, 2.24) is 4.90 Å². The van der Waals surface area contributed by atoms with Crippen molar-refractivity contribution in [2.24, 2.45) is 0 Å². The van der Waals surface area contributed by atoms with Crippen LogP contribution in [0.4, 0.5) is 10.5 Å². The molecule has 2 N–H and O–H groups in total. The van der Waals surface area contributed by atoms with E-state index < -0.39 is 5.97 Å². The number of urea groups is 1. The number of aromatic carboxylic acids is 1. The van der Waals surface area contributed by atoms with E-state index >= 15 is 0 Å². The minimum absolute atomic E-state index is 0.0353. The number of carboxylic acid groups (broad SMARTS) is 1. The summed E-state index contributed by atoms with van der Waals surface area (Å²) in [6.07, 6.45) is 0. The van der Waals surface area contributed by atoms with Crippen molar-refractivity contribution < 1.29 is 19.4 Å². The molecule has 21 heavy (non-hydrogen) atoms. The monoisotopic (exact) mass is 358 g/mol. The molecule has 0 saturated carbocycles. The Morgan fingerprint density at radius 2 is 2.14 bits per heavy atom. The number of halogens is 1. The van der Waals surface area contributed by atoms with E-state index in [1.807, 2.05) is 13.8 Å². The topological polar surface area (TPSA) is 78.9 Å². The lowest BCUT2D eigenvalue weighted by Gasteiger charge is -2.28. The highest BCUT2D eigenvalue weighted by atomic mass is 79.9. The molecular weight excluding hydrogens is 340 g/mol. The van der Waals surface area contributed by atoms with Gasteiger partial charge >= 0.3 is 12.0 Å². The zero-order valence-electron chi connectivity index (χ0n) is 12.2. The summed E-state index contributed by atoms with van der Waals surface area (Å²) in [4.78, 5) is 25.1. The number of carbonyl (C=O) groups excluding carboxylic acids is 1. The van der Waals surface area contributed by atoms with Gasteiger partial charge in [-0.3, -0.25) is 0 Å². The van der Waals surface area contributed by atoms with Crippen LogP contribution in [-0.4, -0.2) is 48.3 Å².